The van der Waals surface area contributed by atoms with E-state index in [-0.39, 0.29) is 22.2 Å². The number of nitrogens with one attached hydrogen (secondary N) is 2. The second-order valence-electron chi connectivity index (χ2n) is 7.18. The predicted molar refractivity (Wildman–Crippen MR) is 123 cm³/mol. The standard InChI is InChI=1S/C21H24N4O8S/c1-25(2)10-9-22-20(29)15-12-34(32-17(26)7-8-18(27)33-34)21(23-15)24-19(28)14-11-13(30-3)5-6-16(14)31-4/h5-8,11-12H,9-10H2,1-4H3,(H,22,29)(H,23,24,28). The summed E-state index contributed by atoms with van der Waals surface area (Å²) in [6.07, 6.45) is 1.77. The minimum Gasteiger partial charge on any atom is -0.497 e. The van der Waals surface area contributed by atoms with E-state index in [9.17, 15) is 19.2 Å². The Morgan fingerprint density at radius 1 is 1.06 bits per heavy atom. The normalized spacial score (nSPS) is 17.2. The summed E-state index contributed by atoms with van der Waals surface area (Å²) >= 11 is 0. The van der Waals surface area contributed by atoms with Crippen molar-refractivity contribution in [3.63, 3.8) is 0 Å². The SMILES string of the molecule is COc1ccc(OC)c(C(=O)NC2=NC(C(=O)NCCN(C)C)=CS23OC(=O)C=CC(=O)O3)c1. The summed E-state index contributed by atoms with van der Waals surface area (Å²) in [6.45, 7) is 0.874. The molecule has 0 unspecified atom stereocenters. The number of carbonyl (C=O) groups is 4. The van der Waals surface area contributed by atoms with E-state index in [0.717, 1.165) is 17.6 Å². The number of benzene rings is 1. The lowest BCUT2D eigenvalue weighted by molar-refractivity contribution is -0.129. The molecule has 2 heterocycles. The topological polar surface area (TPSA) is 145 Å². The number of hydrogen-bond donors (Lipinski definition) is 2. The van der Waals surface area contributed by atoms with E-state index >= 15 is 0 Å². The maximum Gasteiger partial charge on any atom is 0.354 e. The average molecular weight is 493 g/mol. The molecule has 182 valence electrons. The van der Waals surface area contributed by atoms with Crippen molar-refractivity contribution in [1.82, 2.24) is 15.5 Å². The van der Waals surface area contributed by atoms with Crippen molar-refractivity contribution < 1.29 is 37.0 Å². The highest BCUT2D eigenvalue weighted by Crippen LogP contribution is 2.58. The quantitative estimate of drug-likeness (QED) is 0.559. The molecule has 1 aromatic rings. The number of ether oxygens (including phenoxy) is 2. The Labute approximate surface area is 197 Å². The number of methoxy groups -OCH3 is 2. The summed E-state index contributed by atoms with van der Waals surface area (Å²) in [5.74, 6) is -2.49. The van der Waals surface area contributed by atoms with Gasteiger partial charge in [-0.25, -0.2) is 14.6 Å². The maximum absolute atomic E-state index is 13.1. The summed E-state index contributed by atoms with van der Waals surface area (Å²) < 4.78 is 21.1. The smallest absolute Gasteiger partial charge is 0.354 e. The van der Waals surface area contributed by atoms with E-state index in [1.54, 1.807) is 6.07 Å². The fraction of sp³-hybridized carbons (Fsp3) is 0.286. The Bertz CT molecular complexity index is 1090. The van der Waals surface area contributed by atoms with Gasteiger partial charge in [0.25, 0.3) is 11.8 Å². The third kappa shape index (κ3) is 5.55. The van der Waals surface area contributed by atoms with Gasteiger partial charge in [0.05, 0.1) is 25.2 Å². The molecule has 0 radical (unpaired) electrons. The molecule has 3 rings (SSSR count). The van der Waals surface area contributed by atoms with Gasteiger partial charge in [-0.05, 0) is 42.9 Å². The fourth-order valence-electron chi connectivity index (χ4n) is 2.82. The Hall–Kier alpha value is -3.84. The lowest BCUT2D eigenvalue weighted by Crippen LogP contribution is -2.35. The largest absolute Gasteiger partial charge is 0.497 e. The molecule has 2 aliphatic heterocycles. The van der Waals surface area contributed by atoms with Gasteiger partial charge in [0.2, 0.25) is 5.17 Å². The lowest BCUT2D eigenvalue weighted by Gasteiger charge is -2.34. The molecule has 0 fully saturated rings. The lowest BCUT2D eigenvalue weighted by atomic mass is 10.2. The van der Waals surface area contributed by atoms with Crippen molar-refractivity contribution in [1.29, 1.82) is 0 Å². The Morgan fingerprint density at radius 2 is 1.74 bits per heavy atom. The number of carbonyl (C=O) groups excluding carboxylic acids is 4. The molecule has 0 aromatic heterocycles. The van der Waals surface area contributed by atoms with E-state index in [1.807, 2.05) is 19.0 Å². The summed E-state index contributed by atoms with van der Waals surface area (Å²) in [6, 6.07) is 4.57. The highest BCUT2D eigenvalue weighted by atomic mass is 32.3. The molecule has 0 bridgehead atoms. The first-order valence-electron chi connectivity index (χ1n) is 9.92. The molecule has 0 aliphatic carbocycles. The molecular formula is C21H24N4O8S. The minimum atomic E-state index is -3.36. The molecule has 1 aromatic carbocycles. The van der Waals surface area contributed by atoms with Crippen LogP contribution in [0.1, 0.15) is 10.4 Å². The summed E-state index contributed by atoms with van der Waals surface area (Å²) in [7, 11) is 3.15. The minimum absolute atomic E-state index is 0.0763. The number of likely N-dealkylation sites (N-methyl/N-ethyl adjacent to an activating group) is 1. The molecule has 12 nitrogen and oxygen atoms in total. The van der Waals surface area contributed by atoms with Crippen LogP contribution in [0.4, 0.5) is 0 Å². The van der Waals surface area contributed by atoms with Gasteiger partial charge >= 0.3 is 11.9 Å². The van der Waals surface area contributed by atoms with Gasteiger partial charge in [-0.2, -0.15) is 0 Å². The number of aliphatic imine (C=N–C) groups is 1. The van der Waals surface area contributed by atoms with E-state index in [1.165, 1.54) is 26.4 Å². The van der Waals surface area contributed by atoms with Crippen LogP contribution in [0.15, 0.2) is 46.4 Å². The van der Waals surface area contributed by atoms with E-state index in [4.69, 9.17) is 17.8 Å². The van der Waals surface area contributed by atoms with Gasteiger partial charge in [0.15, 0.2) is 0 Å². The molecule has 0 saturated carbocycles. The Morgan fingerprint density at radius 3 is 2.32 bits per heavy atom. The zero-order chi connectivity index (χ0) is 24.9. The first kappa shape index (κ1) is 24.8. The van der Waals surface area contributed by atoms with Crippen LogP contribution in [0.25, 0.3) is 0 Å². The molecule has 2 aliphatic rings. The molecule has 1 spiro atoms. The molecule has 0 atom stereocenters. The fourth-order valence-corrected chi connectivity index (χ4v) is 4.74. The predicted octanol–water partition coefficient (Wildman–Crippen LogP) is 0.613. The van der Waals surface area contributed by atoms with Crippen LogP contribution in [0, 0.1) is 0 Å². The molecule has 34 heavy (non-hydrogen) atoms. The van der Waals surface area contributed by atoms with Crippen molar-refractivity contribution in [2.45, 2.75) is 0 Å². The molecule has 13 heteroatoms. The second-order valence-corrected chi connectivity index (χ2v) is 9.23. The molecule has 0 saturated heterocycles. The summed E-state index contributed by atoms with van der Waals surface area (Å²) in [5.41, 5.74) is -0.100. The zero-order valence-corrected chi connectivity index (χ0v) is 19.8. The zero-order valence-electron chi connectivity index (χ0n) is 18.9. The van der Waals surface area contributed by atoms with Crippen molar-refractivity contribution >= 4 is 39.5 Å². The van der Waals surface area contributed by atoms with Crippen LogP contribution in [-0.2, 0) is 22.7 Å². The third-order valence-corrected chi connectivity index (χ3v) is 6.56. The van der Waals surface area contributed by atoms with Gasteiger partial charge < -0.3 is 28.1 Å². The highest BCUT2D eigenvalue weighted by Gasteiger charge is 2.41. The summed E-state index contributed by atoms with van der Waals surface area (Å²) in [4.78, 5) is 56.0. The van der Waals surface area contributed by atoms with Gasteiger partial charge in [0, 0.05) is 25.2 Å². The van der Waals surface area contributed by atoms with Crippen molar-refractivity contribution in [3.8, 4) is 11.5 Å². The number of amidine groups is 1. The first-order chi connectivity index (χ1) is 16.2. The first-order valence-corrected chi connectivity index (χ1v) is 11.5. The number of rotatable bonds is 7. The van der Waals surface area contributed by atoms with Gasteiger partial charge in [0.1, 0.15) is 17.2 Å². The third-order valence-electron chi connectivity index (χ3n) is 4.47. The Balaban J connectivity index is 1.94. The molecule has 2 amide bonds. The van der Waals surface area contributed by atoms with E-state index in [2.05, 4.69) is 15.6 Å². The summed E-state index contributed by atoms with van der Waals surface area (Å²) in [5, 5.41) is 6.00. The van der Waals surface area contributed by atoms with Gasteiger partial charge in [-0.3, -0.25) is 14.9 Å². The van der Waals surface area contributed by atoms with Crippen LogP contribution >= 0.6 is 10.6 Å². The van der Waals surface area contributed by atoms with Gasteiger partial charge in [-0.15, -0.1) is 0 Å². The molecule has 2 N–H and O–H groups in total. The highest BCUT2D eigenvalue weighted by molar-refractivity contribution is 8.41. The second kappa shape index (κ2) is 10.4. The van der Waals surface area contributed by atoms with Crippen LogP contribution < -0.4 is 20.1 Å². The van der Waals surface area contributed by atoms with Gasteiger partial charge in [-0.1, -0.05) is 0 Å². The van der Waals surface area contributed by atoms with Crippen molar-refractivity contribution in [2.75, 3.05) is 41.4 Å². The van der Waals surface area contributed by atoms with Crippen LogP contribution in [0.3, 0.4) is 0 Å². The van der Waals surface area contributed by atoms with Crippen molar-refractivity contribution in [3.05, 3.63) is 47.0 Å². The van der Waals surface area contributed by atoms with Crippen molar-refractivity contribution in [2.24, 2.45) is 4.99 Å². The molecular weight excluding hydrogens is 468 g/mol. The van der Waals surface area contributed by atoms with Crippen LogP contribution in [-0.4, -0.2) is 75.2 Å². The number of nitrogens with zero attached hydrogens (tertiary/aromatic N) is 2. The number of hydrogen-bond acceptors (Lipinski definition) is 10. The van der Waals surface area contributed by atoms with E-state index < -0.39 is 34.3 Å². The monoisotopic (exact) mass is 492 g/mol. The maximum atomic E-state index is 13.1. The van der Waals surface area contributed by atoms with E-state index in [0.29, 0.717) is 18.8 Å². The Kier molecular flexibility index (Phi) is 7.58. The van der Waals surface area contributed by atoms with Crippen LogP contribution in [0.2, 0.25) is 0 Å². The van der Waals surface area contributed by atoms with Crippen LogP contribution in [0.5, 0.6) is 11.5 Å². The number of amides is 2. The average Bonchev–Trinajstić information content (AvgIpc) is 3.05.